The summed E-state index contributed by atoms with van der Waals surface area (Å²) in [4.78, 5) is 22.8. The predicted octanol–water partition coefficient (Wildman–Crippen LogP) is 4.72. The molecular formula is C19H35NO6PrS. The number of rotatable bonds is 1. The first-order valence-corrected chi connectivity index (χ1v) is 11.6. The topological polar surface area (TPSA) is 74.1 Å². The smallest absolute Gasteiger partial charge is 0.249 e. The zero-order valence-electron chi connectivity index (χ0n) is 17.4. The SMILES string of the molecule is CC.O=[S-](=O)[N+]1=CCC2(CC1)OOC1(CCCCCCCCCCC1)OO2.[Pr]. The number of hydrogen-bond donors (Lipinski definition) is 0. The quantitative estimate of drug-likeness (QED) is 0.269. The van der Waals surface area contributed by atoms with E-state index in [1.807, 2.05) is 13.8 Å². The Morgan fingerprint density at radius 3 is 1.54 bits per heavy atom. The Hall–Kier alpha value is 0.824. The van der Waals surface area contributed by atoms with Gasteiger partial charge in [-0.2, -0.15) is 19.6 Å². The van der Waals surface area contributed by atoms with E-state index in [4.69, 9.17) is 19.6 Å². The van der Waals surface area contributed by atoms with Gasteiger partial charge >= 0.3 is 0 Å². The normalized spacial score (nSPS) is 25.5. The van der Waals surface area contributed by atoms with Crippen LogP contribution in [0.25, 0.3) is 0 Å². The minimum Gasteiger partial charge on any atom is -0.355 e. The van der Waals surface area contributed by atoms with Crippen LogP contribution in [-0.2, 0) is 38.9 Å². The summed E-state index contributed by atoms with van der Waals surface area (Å²) >= 11 is 0. The fourth-order valence-corrected chi connectivity index (χ4v) is 4.09. The molecule has 2 fully saturated rings. The molecule has 1 radical (unpaired) electrons. The zero-order chi connectivity index (χ0) is 19.6. The van der Waals surface area contributed by atoms with Crippen molar-refractivity contribution in [1.82, 2.24) is 0 Å². The summed E-state index contributed by atoms with van der Waals surface area (Å²) in [6, 6.07) is 0. The molecular weight excluding hydrogens is 511 g/mol. The third-order valence-corrected chi connectivity index (χ3v) is 6.03. The molecule has 9 heteroatoms. The zero-order valence-corrected chi connectivity index (χ0v) is 21.9. The molecule has 1 saturated heterocycles. The summed E-state index contributed by atoms with van der Waals surface area (Å²) in [6.07, 6.45) is 14.5. The molecule has 28 heavy (non-hydrogen) atoms. The van der Waals surface area contributed by atoms with Crippen molar-refractivity contribution in [2.75, 3.05) is 6.54 Å². The van der Waals surface area contributed by atoms with Crippen LogP contribution in [0, 0.1) is 41.3 Å². The van der Waals surface area contributed by atoms with Crippen molar-refractivity contribution in [2.24, 2.45) is 0 Å². The molecule has 0 unspecified atom stereocenters. The molecule has 0 amide bonds. The second-order valence-corrected chi connectivity index (χ2v) is 8.23. The molecule has 0 bridgehead atoms. The minimum absolute atomic E-state index is 0. The Balaban J connectivity index is 0.00000127. The van der Waals surface area contributed by atoms with Crippen molar-refractivity contribution in [1.29, 1.82) is 0 Å². The third kappa shape index (κ3) is 8.16. The maximum absolute atomic E-state index is 11.0. The molecule has 161 valence electrons. The van der Waals surface area contributed by atoms with Crippen molar-refractivity contribution < 1.29 is 73.2 Å². The van der Waals surface area contributed by atoms with E-state index in [9.17, 15) is 8.42 Å². The summed E-state index contributed by atoms with van der Waals surface area (Å²) in [6.45, 7) is 4.29. The minimum atomic E-state index is -2.26. The van der Waals surface area contributed by atoms with Gasteiger partial charge in [0, 0.05) is 54.1 Å². The Morgan fingerprint density at radius 1 is 0.714 bits per heavy atom. The maximum atomic E-state index is 11.0. The molecule has 0 aromatic rings. The number of hydrogen-bond acceptors (Lipinski definition) is 7. The Morgan fingerprint density at radius 2 is 1.14 bits per heavy atom. The third-order valence-electron chi connectivity index (χ3n) is 5.32. The van der Waals surface area contributed by atoms with Crippen molar-refractivity contribution in [3.63, 3.8) is 0 Å². The van der Waals surface area contributed by atoms with E-state index in [0.29, 0.717) is 6.42 Å². The van der Waals surface area contributed by atoms with Crippen LogP contribution in [0.2, 0.25) is 0 Å². The van der Waals surface area contributed by atoms with Gasteiger partial charge in [0.2, 0.25) is 11.6 Å². The van der Waals surface area contributed by atoms with Crippen LogP contribution >= 0.6 is 0 Å². The van der Waals surface area contributed by atoms with E-state index in [2.05, 4.69) is 0 Å². The van der Waals surface area contributed by atoms with Gasteiger partial charge in [-0.15, -0.1) is 0 Å². The Bertz CT molecular complexity index is 525. The van der Waals surface area contributed by atoms with E-state index in [1.165, 1.54) is 36.1 Å². The van der Waals surface area contributed by atoms with Crippen molar-refractivity contribution >= 4 is 17.1 Å². The second-order valence-electron chi connectivity index (χ2n) is 7.33. The van der Waals surface area contributed by atoms with Crippen molar-refractivity contribution in [2.45, 2.75) is 109 Å². The van der Waals surface area contributed by atoms with Gasteiger partial charge in [-0.1, -0.05) is 58.8 Å². The monoisotopic (exact) mass is 546 g/mol. The van der Waals surface area contributed by atoms with Crippen LogP contribution in [-0.4, -0.2) is 28.3 Å². The fourth-order valence-electron chi connectivity index (χ4n) is 3.65. The van der Waals surface area contributed by atoms with Gasteiger partial charge in [-0.3, -0.25) is 3.98 Å². The fraction of sp³-hybridized carbons (Fsp3) is 0.947. The molecule has 2 heterocycles. The molecule has 0 aromatic carbocycles. The standard InChI is InChI=1S/C17H29NO6S.C2H6.Pr/c19-25(20)18-14-12-17(13-15-18)23-21-16(22-24-17)10-8-6-4-2-1-3-5-7-9-11-16;1-2;/h14H,1-13,15H2;1-2H3;. The van der Waals surface area contributed by atoms with Crippen LogP contribution in [0.1, 0.15) is 97.3 Å². The molecule has 0 aromatic heterocycles. The van der Waals surface area contributed by atoms with Gasteiger partial charge in [0.25, 0.3) is 0 Å². The first-order chi connectivity index (χ1) is 13.1. The molecule has 1 saturated carbocycles. The average molecular weight is 546 g/mol. The summed E-state index contributed by atoms with van der Waals surface area (Å²) in [7, 11) is -2.26. The molecule has 3 aliphatic rings. The predicted molar refractivity (Wildman–Crippen MR) is 101 cm³/mol. The van der Waals surface area contributed by atoms with Gasteiger partial charge in [-0.05, 0) is 12.8 Å². The average Bonchev–Trinajstić information content (AvgIpc) is 2.69. The van der Waals surface area contributed by atoms with Crippen LogP contribution in [0.15, 0.2) is 0 Å². The van der Waals surface area contributed by atoms with E-state index in [-0.39, 0.29) is 54.3 Å². The molecule has 2 aliphatic heterocycles. The van der Waals surface area contributed by atoms with E-state index in [1.54, 1.807) is 6.21 Å². The Kier molecular flexibility index (Phi) is 13.4. The first-order valence-electron chi connectivity index (χ1n) is 10.6. The molecule has 7 nitrogen and oxygen atoms in total. The van der Waals surface area contributed by atoms with Crippen molar-refractivity contribution in [3.8, 4) is 0 Å². The molecule has 3 rings (SSSR count). The summed E-state index contributed by atoms with van der Waals surface area (Å²) in [5, 5.41) is 0. The Labute approximate surface area is 204 Å². The van der Waals surface area contributed by atoms with Gasteiger partial charge in [-0.25, -0.2) is 0 Å². The van der Waals surface area contributed by atoms with Gasteiger partial charge in [0.05, 0.1) is 12.8 Å². The van der Waals surface area contributed by atoms with Crippen LogP contribution in [0.3, 0.4) is 0 Å². The molecule has 0 atom stereocenters. The second kappa shape index (κ2) is 14.0. The van der Waals surface area contributed by atoms with Crippen molar-refractivity contribution in [3.05, 3.63) is 0 Å². The van der Waals surface area contributed by atoms with E-state index >= 15 is 0 Å². The van der Waals surface area contributed by atoms with Gasteiger partial charge in [0.15, 0.2) is 10.9 Å². The van der Waals surface area contributed by atoms with Crippen LogP contribution in [0.4, 0.5) is 0 Å². The maximum Gasteiger partial charge on any atom is 0.249 e. The van der Waals surface area contributed by atoms with E-state index in [0.717, 1.165) is 38.5 Å². The summed E-state index contributed by atoms with van der Waals surface area (Å²) in [5.74, 6) is -1.87. The molecule has 1 aliphatic carbocycles. The van der Waals surface area contributed by atoms with Gasteiger partial charge in [0.1, 0.15) is 12.8 Å². The number of nitrogens with zero attached hydrogens (tertiary/aromatic N) is 1. The molecule has 0 N–H and O–H groups in total. The van der Waals surface area contributed by atoms with Gasteiger partial charge < -0.3 is 8.42 Å². The summed E-state index contributed by atoms with van der Waals surface area (Å²) < 4.78 is 23.2. The molecule has 2 spiro atoms. The van der Waals surface area contributed by atoms with E-state index < -0.39 is 22.5 Å². The van der Waals surface area contributed by atoms with Crippen LogP contribution < -0.4 is 0 Å². The van der Waals surface area contributed by atoms with Crippen LogP contribution in [0.5, 0.6) is 0 Å². The largest absolute Gasteiger partial charge is 0.355 e. The summed E-state index contributed by atoms with van der Waals surface area (Å²) in [5.41, 5.74) is 0. The first kappa shape index (κ1) is 26.9.